The fourth-order valence-electron chi connectivity index (χ4n) is 2.64. The maximum absolute atomic E-state index is 14.3. The van der Waals surface area contributed by atoms with Gasteiger partial charge in [-0.3, -0.25) is 4.98 Å². The van der Waals surface area contributed by atoms with Crippen molar-refractivity contribution < 1.29 is 9.13 Å². The number of aromatic nitrogens is 1. The standard InChI is InChI=1S/C15H18FN3O/c1-9-15(2,5-7-20-9)19-14-11(16)8-12(17)10-4-3-6-18-13(10)14/h3-4,6,8-9,19H,5,7,17H2,1-2H3. The lowest BCUT2D eigenvalue weighted by Crippen LogP contribution is -2.41. The lowest BCUT2D eigenvalue weighted by atomic mass is 9.94. The number of ether oxygens (including phenoxy) is 1. The molecule has 2 heterocycles. The SMILES string of the molecule is CC1OCCC1(C)Nc1c(F)cc(N)c2cccnc12. The van der Waals surface area contributed by atoms with E-state index in [9.17, 15) is 4.39 Å². The molecule has 5 heteroatoms. The van der Waals surface area contributed by atoms with Gasteiger partial charge in [0.25, 0.3) is 0 Å². The molecule has 0 bridgehead atoms. The van der Waals surface area contributed by atoms with E-state index < -0.39 is 0 Å². The second kappa shape index (κ2) is 4.59. The van der Waals surface area contributed by atoms with Gasteiger partial charge in [-0.05, 0) is 38.5 Å². The first kappa shape index (κ1) is 13.1. The van der Waals surface area contributed by atoms with Crippen molar-refractivity contribution in [2.75, 3.05) is 17.7 Å². The zero-order chi connectivity index (χ0) is 14.3. The average molecular weight is 275 g/mol. The number of anilines is 2. The predicted molar refractivity (Wildman–Crippen MR) is 78.2 cm³/mol. The number of nitrogens with two attached hydrogens (primary N) is 1. The lowest BCUT2D eigenvalue weighted by molar-refractivity contribution is 0.105. The number of pyridine rings is 1. The molecule has 0 spiro atoms. The molecule has 1 aromatic heterocycles. The highest BCUT2D eigenvalue weighted by Gasteiger charge is 2.38. The summed E-state index contributed by atoms with van der Waals surface area (Å²) in [4.78, 5) is 4.28. The topological polar surface area (TPSA) is 60.2 Å². The lowest BCUT2D eigenvalue weighted by Gasteiger charge is -2.30. The van der Waals surface area contributed by atoms with Crippen LogP contribution < -0.4 is 11.1 Å². The summed E-state index contributed by atoms with van der Waals surface area (Å²) in [6.07, 6.45) is 2.48. The van der Waals surface area contributed by atoms with Crippen molar-refractivity contribution in [1.29, 1.82) is 0 Å². The molecule has 0 radical (unpaired) electrons. The zero-order valence-electron chi connectivity index (χ0n) is 11.6. The molecule has 1 saturated heterocycles. The molecule has 20 heavy (non-hydrogen) atoms. The van der Waals surface area contributed by atoms with Crippen molar-refractivity contribution in [1.82, 2.24) is 4.98 Å². The largest absolute Gasteiger partial charge is 0.398 e. The normalized spacial score (nSPS) is 26.1. The first-order valence-electron chi connectivity index (χ1n) is 6.74. The third-order valence-corrected chi connectivity index (χ3v) is 4.17. The Labute approximate surface area is 117 Å². The third-order valence-electron chi connectivity index (χ3n) is 4.17. The molecule has 106 valence electrons. The zero-order valence-corrected chi connectivity index (χ0v) is 11.6. The quantitative estimate of drug-likeness (QED) is 0.827. The van der Waals surface area contributed by atoms with E-state index in [0.29, 0.717) is 23.5 Å². The molecule has 1 aliphatic rings. The van der Waals surface area contributed by atoms with Gasteiger partial charge in [0.2, 0.25) is 0 Å². The van der Waals surface area contributed by atoms with Crippen LogP contribution in [0, 0.1) is 5.82 Å². The number of rotatable bonds is 2. The highest BCUT2D eigenvalue weighted by atomic mass is 19.1. The number of nitrogens with zero attached hydrogens (tertiary/aromatic N) is 1. The first-order valence-corrected chi connectivity index (χ1v) is 6.74. The monoisotopic (exact) mass is 275 g/mol. The molecule has 1 aromatic carbocycles. The minimum atomic E-state index is -0.381. The molecule has 2 atom stereocenters. The summed E-state index contributed by atoms with van der Waals surface area (Å²) in [5, 5.41) is 4.04. The molecular formula is C15H18FN3O. The summed E-state index contributed by atoms with van der Waals surface area (Å²) >= 11 is 0. The Hall–Kier alpha value is -1.88. The Balaban J connectivity index is 2.12. The highest BCUT2D eigenvalue weighted by Crippen LogP contribution is 2.35. The molecule has 4 nitrogen and oxygen atoms in total. The van der Waals surface area contributed by atoms with Crippen molar-refractivity contribution >= 4 is 22.3 Å². The van der Waals surface area contributed by atoms with Crippen molar-refractivity contribution in [3.05, 3.63) is 30.2 Å². The van der Waals surface area contributed by atoms with Gasteiger partial charge in [-0.2, -0.15) is 0 Å². The van der Waals surface area contributed by atoms with Crippen molar-refractivity contribution in [3.8, 4) is 0 Å². The van der Waals surface area contributed by atoms with Gasteiger partial charge in [-0.1, -0.05) is 0 Å². The molecule has 3 rings (SSSR count). The number of nitrogen functional groups attached to an aromatic ring is 1. The number of benzene rings is 1. The van der Waals surface area contributed by atoms with Crippen LogP contribution in [0.4, 0.5) is 15.8 Å². The van der Waals surface area contributed by atoms with E-state index in [1.54, 1.807) is 12.3 Å². The molecule has 3 N–H and O–H groups in total. The van der Waals surface area contributed by atoms with Gasteiger partial charge in [0.05, 0.1) is 22.8 Å². The van der Waals surface area contributed by atoms with Crippen LogP contribution >= 0.6 is 0 Å². The van der Waals surface area contributed by atoms with E-state index in [1.165, 1.54) is 6.07 Å². The van der Waals surface area contributed by atoms with Crippen LogP contribution in [0.5, 0.6) is 0 Å². The van der Waals surface area contributed by atoms with Crippen LogP contribution in [-0.4, -0.2) is 23.2 Å². The van der Waals surface area contributed by atoms with Crippen LogP contribution in [0.1, 0.15) is 20.3 Å². The highest BCUT2D eigenvalue weighted by molar-refractivity contribution is 5.98. The third kappa shape index (κ3) is 1.98. The molecule has 0 aliphatic carbocycles. The number of hydrogen-bond donors (Lipinski definition) is 2. The van der Waals surface area contributed by atoms with Gasteiger partial charge in [-0.25, -0.2) is 4.39 Å². The Morgan fingerprint density at radius 3 is 3.05 bits per heavy atom. The first-order chi connectivity index (χ1) is 9.51. The van der Waals surface area contributed by atoms with Gasteiger partial charge in [-0.15, -0.1) is 0 Å². The molecular weight excluding hydrogens is 257 g/mol. The summed E-state index contributed by atoms with van der Waals surface area (Å²) in [7, 11) is 0. The number of nitrogens with one attached hydrogen (secondary N) is 1. The maximum atomic E-state index is 14.3. The summed E-state index contributed by atoms with van der Waals surface area (Å²) in [5.74, 6) is -0.381. The Morgan fingerprint density at radius 1 is 1.55 bits per heavy atom. The van der Waals surface area contributed by atoms with Gasteiger partial charge in [0, 0.05) is 23.9 Å². The Bertz CT molecular complexity index is 661. The molecule has 1 fully saturated rings. The van der Waals surface area contributed by atoms with E-state index in [2.05, 4.69) is 10.3 Å². The molecule has 2 unspecified atom stereocenters. The number of fused-ring (bicyclic) bond motifs is 1. The van der Waals surface area contributed by atoms with Gasteiger partial charge < -0.3 is 15.8 Å². The van der Waals surface area contributed by atoms with Crippen molar-refractivity contribution in [3.63, 3.8) is 0 Å². The Kier molecular flexibility index (Phi) is 3.01. The van der Waals surface area contributed by atoms with Crippen LogP contribution in [0.15, 0.2) is 24.4 Å². The van der Waals surface area contributed by atoms with Crippen LogP contribution in [0.25, 0.3) is 10.9 Å². The predicted octanol–water partition coefficient (Wildman–Crippen LogP) is 2.94. The molecule has 2 aromatic rings. The summed E-state index contributed by atoms with van der Waals surface area (Å²) < 4.78 is 19.9. The van der Waals surface area contributed by atoms with Crippen molar-refractivity contribution in [2.45, 2.75) is 31.9 Å². The Morgan fingerprint density at radius 2 is 2.35 bits per heavy atom. The summed E-state index contributed by atoms with van der Waals surface area (Å²) in [6.45, 7) is 4.70. The number of hydrogen-bond acceptors (Lipinski definition) is 4. The van der Waals surface area contributed by atoms with Gasteiger partial charge in [0.1, 0.15) is 0 Å². The second-order valence-electron chi connectivity index (χ2n) is 5.53. The fraction of sp³-hybridized carbons (Fsp3) is 0.400. The van der Waals surface area contributed by atoms with E-state index in [0.717, 1.165) is 11.8 Å². The molecule has 0 amide bonds. The van der Waals surface area contributed by atoms with Crippen LogP contribution in [-0.2, 0) is 4.74 Å². The second-order valence-corrected chi connectivity index (χ2v) is 5.53. The van der Waals surface area contributed by atoms with Gasteiger partial charge >= 0.3 is 0 Å². The van der Waals surface area contributed by atoms with Crippen molar-refractivity contribution in [2.24, 2.45) is 0 Å². The van der Waals surface area contributed by atoms with Crippen LogP contribution in [0.2, 0.25) is 0 Å². The maximum Gasteiger partial charge on any atom is 0.150 e. The van der Waals surface area contributed by atoms with E-state index >= 15 is 0 Å². The number of halogens is 1. The molecule has 0 saturated carbocycles. The fourth-order valence-corrected chi connectivity index (χ4v) is 2.64. The van der Waals surface area contributed by atoms with Crippen LogP contribution in [0.3, 0.4) is 0 Å². The average Bonchev–Trinajstić information content (AvgIpc) is 2.75. The van der Waals surface area contributed by atoms with Gasteiger partial charge in [0.15, 0.2) is 5.82 Å². The minimum Gasteiger partial charge on any atom is -0.398 e. The van der Waals surface area contributed by atoms with E-state index in [-0.39, 0.29) is 17.5 Å². The summed E-state index contributed by atoms with van der Waals surface area (Å²) in [6, 6.07) is 4.98. The smallest absolute Gasteiger partial charge is 0.150 e. The van der Waals surface area contributed by atoms with E-state index in [1.807, 2.05) is 19.9 Å². The minimum absolute atomic E-state index is 0.0122. The molecule has 1 aliphatic heterocycles. The summed E-state index contributed by atoms with van der Waals surface area (Å²) in [5.41, 5.74) is 6.92. The van der Waals surface area contributed by atoms with E-state index in [4.69, 9.17) is 10.5 Å².